The molecule has 1 heterocycles. The molecule has 6 nitrogen and oxygen atoms in total. The van der Waals surface area contributed by atoms with Gasteiger partial charge in [-0.05, 0) is 78.9 Å². The zero-order valence-corrected chi connectivity index (χ0v) is 25.2. The second-order valence-electron chi connectivity index (χ2n) is 9.92. The molecule has 43 heavy (non-hydrogen) atoms. The van der Waals surface area contributed by atoms with Crippen LogP contribution in [-0.4, -0.2) is 43.4 Å². The summed E-state index contributed by atoms with van der Waals surface area (Å²) < 4.78 is 48.9. The molecule has 3 aromatic rings. The van der Waals surface area contributed by atoms with E-state index >= 15 is 0 Å². The number of aliphatic carboxylic acids is 1. The van der Waals surface area contributed by atoms with E-state index in [2.05, 4.69) is 10.6 Å². The maximum absolute atomic E-state index is 12.6. The third kappa shape index (κ3) is 9.78. The summed E-state index contributed by atoms with van der Waals surface area (Å²) in [6.07, 6.45) is -1.26. The number of hydrogen-bond donors (Lipinski definition) is 3. The number of benzene rings is 3. The number of carbonyl (C=O) groups is 1. The summed E-state index contributed by atoms with van der Waals surface area (Å²) in [5.41, 5.74) is 2.23. The Morgan fingerprint density at radius 2 is 1.70 bits per heavy atom. The maximum Gasteiger partial charge on any atom is 0.416 e. The third-order valence-corrected chi connectivity index (χ3v) is 7.89. The maximum atomic E-state index is 12.6. The van der Waals surface area contributed by atoms with Crippen LogP contribution in [-0.2, 0) is 17.5 Å². The second kappa shape index (κ2) is 15.2. The van der Waals surface area contributed by atoms with Gasteiger partial charge in [0.05, 0.1) is 26.2 Å². The van der Waals surface area contributed by atoms with Crippen LogP contribution < -0.4 is 20.1 Å². The van der Waals surface area contributed by atoms with Crippen molar-refractivity contribution in [3.63, 3.8) is 0 Å². The van der Waals surface area contributed by atoms with E-state index in [1.807, 2.05) is 18.2 Å². The summed E-state index contributed by atoms with van der Waals surface area (Å²) in [5, 5.41) is 17.0. The topological polar surface area (TPSA) is 79.8 Å². The molecule has 1 aliphatic carbocycles. The van der Waals surface area contributed by atoms with Gasteiger partial charge >= 0.3 is 12.1 Å². The Kier molecular flexibility index (Phi) is 11.6. The Morgan fingerprint density at radius 3 is 2.35 bits per heavy atom. The van der Waals surface area contributed by atoms with Crippen LogP contribution >= 0.6 is 34.8 Å². The molecule has 0 spiro atoms. The Hall–Kier alpha value is -2.95. The fourth-order valence-corrected chi connectivity index (χ4v) is 4.91. The van der Waals surface area contributed by atoms with Gasteiger partial charge in [0.1, 0.15) is 24.7 Å². The van der Waals surface area contributed by atoms with Crippen molar-refractivity contribution in [3.8, 4) is 11.5 Å². The van der Waals surface area contributed by atoms with Gasteiger partial charge in [0.25, 0.3) is 0 Å². The number of ether oxygens (including phenoxy) is 2. The SMILES string of the molecule is Clc1cccc(CNC2CC2)c1Cl.O=C(O)C1=C(c2ccc(OCCOc3ccc(C(F)(F)F)cc3Cl)cc2)CCNC1. The minimum atomic E-state index is -4.47. The lowest BCUT2D eigenvalue weighted by Crippen LogP contribution is -2.28. The Balaban J connectivity index is 0.000000269. The fourth-order valence-electron chi connectivity index (χ4n) is 4.29. The predicted molar refractivity (Wildman–Crippen MR) is 162 cm³/mol. The van der Waals surface area contributed by atoms with Gasteiger partial charge in [-0.2, -0.15) is 13.2 Å². The summed E-state index contributed by atoms with van der Waals surface area (Å²) in [6.45, 7) is 2.11. The Labute approximate surface area is 262 Å². The van der Waals surface area contributed by atoms with Crippen molar-refractivity contribution >= 4 is 46.3 Å². The van der Waals surface area contributed by atoms with Crippen LogP contribution in [0.2, 0.25) is 15.1 Å². The van der Waals surface area contributed by atoms with Gasteiger partial charge in [0.2, 0.25) is 0 Å². The largest absolute Gasteiger partial charge is 0.490 e. The van der Waals surface area contributed by atoms with E-state index in [0.29, 0.717) is 46.9 Å². The van der Waals surface area contributed by atoms with Crippen LogP contribution in [0.15, 0.2) is 66.2 Å². The lowest BCUT2D eigenvalue weighted by molar-refractivity contribution is -0.137. The molecule has 12 heteroatoms. The minimum absolute atomic E-state index is 0.0901. The molecular formula is C31H30Cl3F3N2O4. The van der Waals surface area contributed by atoms with Crippen LogP contribution in [0.3, 0.4) is 0 Å². The molecule has 1 saturated carbocycles. The standard InChI is InChI=1S/C21H19ClF3NO4.C10H11Cl2N/c22-18-11-14(21(23,24)25)3-6-19(18)30-10-9-29-15-4-1-13(2-5-15)16-7-8-26-12-17(16)20(27)28;11-9-3-1-2-7(10(9)12)6-13-8-4-5-8/h1-6,11,26H,7-10,12H2,(H,27,28);1-3,8,13H,4-6H2. The van der Waals surface area contributed by atoms with Gasteiger partial charge in [-0.3, -0.25) is 0 Å². The van der Waals surface area contributed by atoms with Gasteiger partial charge in [-0.15, -0.1) is 0 Å². The summed E-state index contributed by atoms with van der Waals surface area (Å²) in [5.74, 6) is -0.230. The van der Waals surface area contributed by atoms with E-state index in [0.717, 1.165) is 35.4 Å². The van der Waals surface area contributed by atoms with E-state index in [4.69, 9.17) is 44.3 Å². The van der Waals surface area contributed by atoms with Gasteiger partial charge in [0.15, 0.2) is 0 Å². The summed E-state index contributed by atoms with van der Waals surface area (Å²) in [4.78, 5) is 11.4. The molecule has 0 atom stereocenters. The van der Waals surface area contributed by atoms with Crippen molar-refractivity contribution in [2.75, 3.05) is 26.3 Å². The first-order chi connectivity index (χ1) is 20.5. The minimum Gasteiger partial charge on any atom is -0.490 e. The Bertz CT molecular complexity index is 1450. The zero-order valence-electron chi connectivity index (χ0n) is 22.9. The molecule has 0 saturated heterocycles. The van der Waals surface area contributed by atoms with E-state index in [1.165, 1.54) is 18.9 Å². The van der Waals surface area contributed by atoms with Crippen molar-refractivity contribution in [1.82, 2.24) is 10.6 Å². The molecular weight excluding hydrogens is 628 g/mol. The first kappa shape index (κ1) is 33.0. The van der Waals surface area contributed by atoms with Crippen molar-refractivity contribution in [3.05, 3.63) is 98.0 Å². The zero-order chi connectivity index (χ0) is 31.0. The number of alkyl halides is 3. The fraction of sp³-hybridized carbons (Fsp3) is 0.323. The molecule has 5 rings (SSSR count). The molecule has 2 aliphatic rings. The van der Waals surface area contributed by atoms with Crippen LogP contribution in [0.5, 0.6) is 11.5 Å². The average Bonchev–Trinajstić information content (AvgIpc) is 3.82. The van der Waals surface area contributed by atoms with Gasteiger partial charge in [-0.25, -0.2) is 4.79 Å². The molecule has 230 valence electrons. The van der Waals surface area contributed by atoms with E-state index in [-0.39, 0.29) is 24.0 Å². The lowest BCUT2D eigenvalue weighted by atomic mass is 9.94. The molecule has 1 fully saturated rings. The van der Waals surface area contributed by atoms with Gasteiger partial charge in [0, 0.05) is 19.1 Å². The monoisotopic (exact) mass is 656 g/mol. The molecule has 0 unspecified atom stereocenters. The highest BCUT2D eigenvalue weighted by Gasteiger charge is 2.31. The molecule has 0 radical (unpaired) electrons. The van der Waals surface area contributed by atoms with Crippen molar-refractivity contribution in [2.45, 2.75) is 38.0 Å². The Morgan fingerprint density at radius 1 is 0.977 bits per heavy atom. The quantitative estimate of drug-likeness (QED) is 0.193. The third-order valence-electron chi connectivity index (χ3n) is 6.74. The number of nitrogens with one attached hydrogen (secondary N) is 2. The normalized spacial score (nSPS) is 15.0. The van der Waals surface area contributed by atoms with Crippen LogP contribution in [0.25, 0.3) is 5.57 Å². The van der Waals surface area contributed by atoms with E-state index in [1.54, 1.807) is 24.3 Å². The first-order valence-corrected chi connectivity index (χ1v) is 14.7. The van der Waals surface area contributed by atoms with E-state index < -0.39 is 17.7 Å². The molecule has 0 bridgehead atoms. The highest BCUT2D eigenvalue weighted by Crippen LogP contribution is 2.35. The smallest absolute Gasteiger partial charge is 0.416 e. The molecule has 3 N–H and O–H groups in total. The molecule has 0 amide bonds. The number of carboxylic acids is 1. The number of hydrogen-bond acceptors (Lipinski definition) is 5. The number of carboxylic acid groups (broad SMARTS) is 1. The predicted octanol–water partition coefficient (Wildman–Crippen LogP) is 7.89. The average molecular weight is 658 g/mol. The van der Waals surface area contributed by atoms with Crippen molar-refractivity contribution in [1.29, 1.82) is 0 Å². The number of halogens is 6. The van der Waals surface area contributed by atoms with Gasteiger partial charge < -0.3 is 25.2 Å². The number of rotatable bonds is 10. The van der Waals surface area contributed by atoms with Gasteiger partial charge in [-0.1, -0.05) is 59.1 Å². The summed E-state index contributed by atoms with van der Waals surface area (Å²) in [6, 6.07) is 16.4. The highest BCUT2D eigenvalue weighted by molar-refractivity contribution is 6.42. The second-order valence-corrected chi connectivity index (χ2v) is 11.1. The van der Waals surface area contributed by atoms with Crippen molar-refractivity contribution < 1.29 is 32.5 Å². The molecule has 3 aromatic carbocycles. The van der Waals surface area contributed by atoms with Crippen LogP contribution in [0, 0.1) is 0 Å². The van der Waals surface area contributed by atoms with Crippen LogP contribution in [0.4, 0.5) is 13.2 Å². The summed E-state index contributed by atoms with van der Waals surface area (Å²) >= 11 is 17.8. The van der Waals surface area contributed by atoms with Crippen LogP contribution in [0.1, 0.15) is 36.0 Å². The molecule has 1 aliphatic heterocycles. The van der Waals surface area contributed by atoms with E-state index in [9.17, 15) is 23.1 Å². The summed E-state index contributed by atoms with van der Waals surface area (Å²) in [7, 11) is 0. The molecule has 0 aromatic heterocycles. The van der Waals surface area contributed by atoms with Crippen molar-refractivity contribution in [2.24, 2.45) is 0 Å². The lowest BCUT2D eigenvalue weighted by Gasteiger charge is -2.19. The highest BCUT2D eigenvalue weighted by atomic mass is 35.5. The first-order valence-electron chi connectivity index (χ1n) is 13.6.